The summed E-state index contributed by atoms with van der Waals surface area (Å²) in [7, 11) is 0. The van der Waals surface area contributed by atoms with E-state index in [1.807, 2.05) is 0 Å². The molecule has 0 nitrogen and oxygen atoms in total. The molecule has 0 amide bonds. The highest BCUT2D eigenvalue weighted by Gasteiger charge is 2.09. The molecule has 1 aromatic rings. The molecule has 0 aliphatic rings. The molecule has 0 spiro atoms. The number of aryl methyl sites for hydroxylation is 1. The zero-order chi connectivity index (χ0) is 14.3. The minimum atomic E-state index is 0.473. The van der Waals surface area contributed by atoms with E-state index in [1.54, 1.807) is 0 Å². The second-order valence-electron chi connectivity index (χ2n) is 6.46. The molecule has 0 saturated carbocycles. The van der Waals surface area contributed by atoms with Crippen LogP contribution in [0.5, 0.6) is 0 Å². The van der Waals surface area contributed by atoms with Gasteiger partial charge in [-0.25, -0.2) is 0 Å². The molecular formula is C18H27I. The molecule has 0 atom stereocenters. The van der Waals surface area contributed by atoms with E-state index in [0.717, 1.165) is 6.42 Å². The number of benzene rings is 1. The summed E-state index contributed by atoms with van der Waals surface area (Å²) in [6.07, 6.45) is 6.27. The Hall–Kier alpha value is -0.310. The first-order chi connectivity index (χ1) is 8.96. The largest absolute Gasteiger partial charge is 0.0614 e. The molecule has 0 radical (unpaired) electrons. The molecule has 19 heavy (non-hydrogen) atoms. The lowest BCUT2D eigenvalue weighted by Gasteiger charge is -2.17. The molecule has 0 fully saturated rings. The minimum Gasteiger partial charge on any atom is -0.0614 e. The van der Waals surface area contributed by atoms with E-state index in [9.17, 15) is 0 Å². The van der Waals surface area contributed by atoms with Gasteiger partial charge in [-0.05, 0) is 51.9 Å². The Balaban J connectivity index is 2.54. The summed E-state index contributed by atoms with van der Waals surface area (Å²) in [4.78, 5) is 0. The van der Waals surface area contributed by atoms with Crippen LogP contribution in [0.15, 0.2) is 28.3 Å². The van der Waals surface area contributed by atoms with Crippen molar-refractivity contribution in [2.75, 3.05) is 0 Å². The van der Waals surface area contributed by atoms with Gasteiger partial charge in [0.1, 0.15) is 0 Å². The van der Waals surface area contributed by atoms with Crippen LogP contribution in [-0.2, 0) is 6.42 Å². The van der Waals surface area contributed by atoms with Crippen molar-refractivity contribution in [1.82, 2.24) is 0 Å². The third-order valence-corrected chi connectivity index (χ3v) is 4.20. The van der Waals surface area contributed by atoms with Crippen molar-refractivity contribution in [2.24, 2.45) is 5.41 Å². The van der Waals surface area contributed by atoms with Gasteiger partial charge in [0.15, 0.2) is 0 Å². The first-order valence-corrected chi connectivity index (χ1v) is 8.59. The summed E-state index contributed by atoms with van der Waals surface area (Å²) in [5.74, 6) is 0. The van der Waals surface area contributed by atoms with Gasteiger partial charge in [-0.1, -0.05) is 81.0 Å². The summed E-state index contributed by atoms with van der Waals surface area (Å²) in [6, 6.07) is 9.06. The fraction of sp³-hybridized carbons (Fsp3) is 0.556. The van der Waals surface area contributed by atoms with Gasteiger partial charge in [-0.2, -0.15) is 0 Å². The molecule has 0 unspecified atom stereocenters. The molecule has 106 valence electrons. The maximum absolute atomic E-state index is 2.37. The van der Waals surface area contributed by atoms with E-state index < -0.39 is 0 Å². The Bertz CT molecular complexity index is 410. The highest BCUT2D eigenvalue weighted by atomic mass is 127. The van der Waals surface area contributed by atoms with Gasteiger partial charge in [0.2, 0.25) is 0 Å². The smallest absolute Gasteiger partial charge is 0.0196 e. The maximum atomic E-state index is 2.37. The molecule has 0 heterocycles. The van der Waals surface area contributed by atoms with Gasteiger partial charge in [0.05, 0.1) is 0 Å². The van der Waals surface area contributed by atoms with E-state index in [-0.39, 0.29) is 0 Å². The van der Waals surface area contributed by atoms with Gasteiger partial charge in [-0.15, -0.1) is 0 Å². The number of allylic oxidation sites excluding steroid dienone is 1. The first-order valence-electron chi connectivity index (χ1n) is 7.35. The van der Waals surface area contributed by atoms with Crippen LogP contribution in [0.3, 0.4) is 0 Å². The van der Waals surface area contributed by atoms with E-state index in [4.69, 9.17) is 0 Å². The molecular weight excluding hydrogens is 343 g/mol. The Morgan fingerprint density at radius 3 is 2.53 bits per heavy atom. The van der Waals surface area contributed by atoms with Crippen LogP contribution in [0.25, 0.3) is 5.57 Å². The predicted molar refractivity (Wildman–Crippen MR) is 95.7 cm³/mol. The lowest BCUT2D eigenvalue weighted by Crippen LogP contribution is -2.04. The zero-order valence-electron chi connectivity index (χ0n) is 12.8. The van der Waals surface area contributed by atoms with Crippen molar-refractivity contribution < 1.29 is 0 Å². The second-order valence-corrected chi connectivity index (χ2v) is 7.08. The van der Waals surface area contributed by atoms with Crippen molar-refractivity contribution in [3.8, 4) is 0 Å². The Morgan fingerprint density at radius 1 is 1.21 bits per heavy atom. The quantitative estimate of drug-likeness (QED) is 0.389. The summed E-state index contributed by atoms with van der Waals surface area (Å²) >= 11 is 2.35. The maximum Gasteiger partial charge on any atom is -0.0196 e. The average molecular weight is 370 g/mol. The van der Waals surface area contributed by atoms with Gasteiger partial charge >= 0.3 is 0 Å². The number of unbranched alkanes of at least 4 members (excludes halogenated alkanes) is 1. The number of halogens is 1. The minimum absolute atomic E-state index is 0.473. The fourth-order valence-electron chi connectivity index (χ4n) is 2.26. The molecule has 0 aliphatic carbocycles. The van der Waals surface area contributed by atoms with Gasteiger partial charge < -0.3 is 0 Å². The molecule has 0 aromatic heterocycles. The highest BCUT2D eigenvalue weighted by Crippen LogP contribution is 2.24. The van der Waals surface area contributed by atoms with Crippen LogP contribution >= 0.6 is 22.6 Å². The second kappa shape index (κ2) is 8.08. The van der Waals surface area contributed by atoms with Crippen LogP contribution in [0.4, 0.5) is 0 Å². The fourth-order valence-corrected chi connectivity index (χ4v) is 3.06. The van der Waals surface area contributed by atoms with E-state index >= 15 is 0 Å². The van der Waals surface area contributed by atoms with E-state index in [0.29, 0.717) is 5.41 Å². The highest BCUT2D eigenvalue weighted by molar-refractivity contribution is 14.1. The average Bonchev–Trinajstić information content (AvgIpc) is 2.36. The molecule has 0 N–H and O–H groups in total. The van der Waals surface area contributed by atoms with Crippen LogP contribution in [0, 0.1) is 5.41 Å². The first kappa shape index (κ1) is 16.7. The number of hydrogen-bond acceptors (Lipinski definition) is 0. The van der Waals surface area contributed by atoms with Crippen molar-refractivity contribution in [1.29, 1.82) is 0 Å². The molecule has 1 rings (SSSR count). The Kier molecular flexibility index (Phi) is 7.12. The topological polar surface area (TPSA) is 0 Å². The molecule has 0 bridgehead atoms. The Morgan fingerprint density at radius 2 is 1.95 bits per heavy atom. The molecule has 1 heteroatoms. The van der Waals surface area contributed by atoms with Gasteiger partial charge in [-0.3, -0.25) is 0 Å². The van der Waals surface area contributed by atoms with Crippen molar-refractivity contribution in [3.63, 3.8) is 0 Å². The van der Waals surface area contributed by atoms with Crippen LogP contribution in [-0.4, -0.2) is 0 Å². The monoisotopic (exact) mass is 370 g/mol. The van der Waals surface area contributed by atoms with Crippen LogP contribution < -0.4 is 0 Å². The van der Waals surface area contributed by atoms with Crippen molar-refractivity contribution >= 4 is 28.2 Å². The summed E-state index contributed by atoms with van der Waals surface area (Å²) in [5, 5.41) is 0. The summed E-state index contributed by atoms with van der Waals surface area (Å²) < 4.78 is 2.20. The normalized spacial score (nSPS) is 12.8. The standard InChI is InChI=1S/C18H27I/c1-5-16(14-19)17-11-8-10-15(13-17)9-6-7-12-18(2,3)4/h8,10-11,13-14H,5-7,9,12H2,1-4H3/b16-14+. The molecule has 0 aliphatic heterocycles. The van der Waals surface area contributed by atoms with Crippen molar-refractivity contribution in [3.05, 3.63) is 39.5 Å². The molecule has 1 aromatic carbocycles. The third-order valence-electron chi connectivity index (χ3n) is 3.45. The van der Waals surface area contributed by atoms with Gasteiger partial charge in [0, 0.05) is 0 Å². The van der Waals surface area contributed by atoms with Crippen LogP contribution in [0.1, 0.15) is 64.5 Å². The number of hydrogen-bond donors (Lipinski definition) is 0. The Labute approximate surface area is 132 Å². The molecule has 0 saturated heterocycles. The lowest BCUT2D eigenvalue weighted by atomic mass is 9.89. The van der Waals surface area contributed by atoms with Crippen LogP contribution in [0.2, 0.25) is 0 Å². The predicted octanol–water partition coefficient (Wildman–Crippen LogP) is 6.63. The van der Waals surface area contributed by atoms with E-state index in [1.165, 1.54) is 42.4 Å². The summed E-state index contributed by atoms with van der Waals surface area (Å²) in [5.41, 5.74) is 4.79. The zero-order valence-corrected chi connectivity index (χ0v) is 15.0. The third kappa shape index (κ3) is 6.60. The van der Waals surface area contributed by atoms with Crippen molar-refractivity contribution in [2.45, 2.75) is 59.8 Å². The van der Waals surface area contributed by atoms with Gasteiger partial charge in [0.25, 0.3) is 0 Å². The van der Waals surface area contributed by atoms with E-state index in [2.05, 4.69) is 78.6 Å². The summed E-state index contributed by atoms with van der Waals surface area (Å²) in [6.45, 7) is 9.20. The lowest BCUT2D eigenvalue weighted by molar-refractivity contribution is 0.360. The SMILES string of the molecule is CC/C(=C\I)c1cccc(CCCCC(C)(C)C)c1. The number of rotatable bonds is 6.